The molecule has 1 aromatic rings. The Labute approximate surface area is 132 Å². The van der Waals surface area contributed by atoms with Crippen LogP contribution < -0.4 is 10.6 Å². The molecule has 0 radical (unpaired) electrons. The van der Waals surface area contributed by atoms with Crippen molar-refractivity contribution in [3.05, 3.63) is 29.6 Å². The molecule has 3 atom stereocenters. The molecule has 0 spiro atoms. The van der Waals surface area contributed by atoms with Crippen molar-refractivity contribution in [3.8, 4) is 0 Å². The lowest BCUT2D eigenvalue weighted by Crippen LogP contribution is -2.56. The van der Waals surface area contributed by atoms with Gasteiger partial charge in [0.25, 0.3) is 5.91 Å². The van der Waals surface area contributed by atoms with Gasteiger partial charge in [-0.15, -0.1) is 24.8 Å². The highest BCUT2D eigenvalue weighted by atomic mass is 35.5. The van der Waals surface area contributed by atoms with E-state index >= 15 is 0 Å². The van der Waals surface area contributed by atoms with E-state index in [1.54, 1.807) is 6.07 Å². The molecule has 1 aliphatic heterocycles. The van der Waals surface area contributed by atoms with Gasteiger partial charge in [-0.3, -0.25) is 4.79 Å². The first-order valence-corrected chi connectivity index (χ1v) is 6.56. The molecule has 1 aromatic heterocycles. The van der Waals surface area contributed by atoms with Crippen molar-refractivity contribution >= 4 is 30.7 Å². The van der Waals surface area contributed by atoms with Gasteiger partial charge in [-0.05, 0) is 44.9 Å². The Morgan fingerprint density at radius 2 is 2.05 bits per heavy atom. The van der Waals surface area contributed by atoms with Gasteiger partial charge in [0.05, 0.1) is 0 Å². The van der Waals surface area contributed by atoms with E-state index in [-0.39, 0.29) is 36.8 Å². The second kappa shape index (κ2) is 8.45. The summed E-state index contributed by atoms with van der Waals surface area (Å²) in [6, 6.07) is 6.00. The van der Waals surface area contributed by atoms with E-state index in [1.807, 2.05) is 19.1 Å². The van der Waals surface area contributed by atoms with Crippen molar-refractivity contribution < 1.29 is 4.79 Å². The number of nitrogens with zero attached hydrogens (tertiary/aromatic N) is 1. The maximum absolute atomic E-state index is 12.2. The number of hydrogen-bond acceptors (Lipinski definition) is 3. The standard InChI is InChI=1S/C14H21N3O.2ClH/c1-9-7-8-15-11(3)13(9)17-14(18)12-6-4-5-10(2)16-12;;/h4-6,9,11,13,15H,7-8H2,1-3H3,(H,17,18);2*1H. The lowest BCUT2D eigenvalue weighted by atomic mass is 9.89. The van der Waals surface area contributed by atoms with Gasteiger partial charge < -0.3 is 10.6 Å². The first kappa shape index (κ1) is 19.2. The minimum atomic E-state index is -0.0777. The lowest BCUT2D eigenvalue weighted by Gasteiger charge is -2.35. The molecule has 2 N–H and O–H groups in total. The fraction of sp³-hybridized carbons (Fsp3) is 0.571. The number of carbonyl (C=O) groups is 1. The van der Waals surface area contributed by atoms with Crippen LogP contribution in [0.4, 0.5) is 0 Å². The number of piperidine rings is 1. The topological polar surface area (TPSA) is 54.0 Å². The minimum Gasteiger partial charge on any atom is -0.346 e. The summed E-state index contributed by atoms with van der Waals surface area (Å²) in [5, 5.41) is 6.49. The van der Waals surface area contributed by atoms with Gasteiger partial charge in [-0.2, -0.15) is 0 Å². The number of nitrogens with one attached hydrogen (secondary N) is 2. The van der Waals surface area contributed by atoms with Gasteiger partial charge in [0.1, 0.15) is 5.69 Å². The van der Waals surface area contributed by atoms with E-state index in [9.17, 15) is 4.79 Å². The molecule has 0 bridgehead atoms. The van der Waals surface area contributed by atoms with E-state index in [1.165, 1.54) is 0 Å². The van der Waals surface area contributed by atoms with Gasteiger partial charge >= 0.3 is 0 Å². The molecule has 0 aromatic carbocycles. The van der Waals surface area contributed by atoms with Crippen molar-refractivity contribution in [2.75, 3.05) is 6.54 Å². The third-order valence-electron chi connectivity index (χ3n) is 3.64. The van der Waals surface area contributed by atoms with Crippen LogP contribution in [0.15, 0.2) is 18.2 Å². The van der Waals surface area contributed by atoms with Crippen LogP contribution in [0.2, 0.25) is 0 Å². The van der Waals surface area contributed by atoms with Crippen LogP contribution in [0.25, 0.3) is 0 Å². The summed E-state index contributed by atoms with van der Waals surface area (Å²) in [4.78, 5) is 16.4. The monoisotopic (exact) mass is 319 g/mol. The number of hydrogen-bond donors (Lipinski definition) is 2. The average molecular weight is 320 g/mol. The third kappa shape index (κ3) is 4.62. The molecule has 3 unspecified atom stereocenters. The Hall–Kier alpha value is -0.840. The quantitative estimate of drug-likeness (QED) is 0.879. The third-order valence-corrected chi connectivity index (χ3v) is 3.64. The normalized spacial score (nSPS) is 25.1. The minimum absolute atomic E-state index is 0. The predicted molar refractivity (Wildman–Crippen MR) is 86.0 cm³/mol. The summed E-state index contributed by atoms with van der Waals surface area (Å²) in [5.41, 5.74) is 1.37. The van der Waals surface area contributed by atoms with E-state index in [2.05, 4.69) is 29.5 Å². The number of amides is 1. The van der Waals surface area contributed by atoms with Gasteiger partial charge in [0, 0.05) is 17.8 Å². The molecule has 0 saturated carbocycles. The summed E-state index contributed by atoms with van der Waals surface area (Å²) >= 11 is 0. The summed E-state index contributed by atoms with van der Waals surface area (Å²) in [6.45, 7) is 7.22. The number of carbonyl (C=O) groups excluding carboxylic acids is 1. The van der Waals surface area contributed by atoms with Crippen LogP contribution in [0.5, 0.6) is 0 Å². The summed E-state index contributed by atoms with van der Waals surface area (Å²) < 4.78 is 0. The van der Waals surface area contributed by atoms with Gasteiger partial charge in [0.2, 0.25) is 0 Å². The van der Waals surface area contributed by atoms with Crippen molar-refractivity contribution in [1.29, 1.82) is 0 Å². The largest absolute Gasteiger partial charge is 0.346 e. The Balaban J connectivity index is 0.00000180. The first-order chi connectivity index (χ1) is 8.58. The Bertz CT molecular complexity index is 432. The van der Waals surface area contributed by atoms with Gasteiger partial charge in [-0.25, -0.2) is 4.98 Å². The smallest absolute Gasteiger partial charge is 0.270 e. The van der Waals surface area contributed by atoms with Gasteiger partial charge in [0.15, 0.2) is 0 Å². The molecule has 1 saturated heterocycles. The highest BCUT2D eigenvalue weighted by Crippen LogP contribution is 2.16. The SMILES string of the molecule is Cc1cccc(C(=O)NC2C(C)CCNC2C)n1.Cl.Cl. The molecular formula is C14H23Cl2N3O. The lowest BCUT2D eigenvalue weighted by molar-refractivity contribution is 0.0892. The van der Waals surface area contributed by atoms with Crippen molar-refractivity contribution in [1.82, 2.24) is 15.6 Å². The molecule has 114 valence electrons. The maximum Gasteiger partial charge on any atom is 0.270 e. The van der Waals surface area contributed by atoms with E-state index < -0.39 is 0 Å². The molecule has 1 fully saturated rings. The summed E-state index contributed by atoms with van der Waals surface area (Å²) in [6.07, 6.45) is 1.09. The van der Waals surface area contributed by atoms with Crippen LogP contribution in [-0.2, 0) is 0 Å². The molecule has 4 nitrogen and oxygen atoms in total. The molecule has 1 amide bonds. The van der Waals surface area contributed by atoms with Crippen LogP contribution in [0, 0.1) is 12.8 Å². The van der Waals surface area contributed by atoms with Crippen molar-refractivity contribution in [2.24, 2.45) is 5.92 Å². The van der Waals surface area contributed by atoms with E-state index in [0.29, 0.717) is 17.7 Å². The zero-order valence-electron chi connectivity index (χ0n) is 12.1. The second-order valence-electron chi connectivity index (χ2n) is 5.17. The molecule has 2 heterocycles. The van der Waals surface area contributed by atoms with Gasteiger partial charge in [-0.1, -0.05) is 13.0 Å². The van der Waals surface area contributed by atoms with Crippen LogP contribution in [0.1, 0.15) is 36.5 Å². The fourth-order valence-corrected chi connectivity index (χ4v) is 2.50. The molecule has 0 aliphatic carbocycles. The number of rotatable bonds is 2. The second-order valence-corrected chi connectivity index (χ2v) is 5.17. The van der Waals surface area contributed by atoms with Crippen LogP contribution >= 0.6 is 24.8 Å². The highest BCUT2D eigenvalue weighted by Gasteiger charge is 2.29. The Kier molecular flexibility index (Phi) is 8.09. The molecule has 20 heavy (non-hydrogen) atoms. The van der Waals surface area contributed by atoms with Crippen LogP contribution in [-0.4, -0.2) is 29.5 Å². The number of halogens is 2. The maximum atomic E-state index is 12.2. The number of aromatic nitrogens is 1. The molecule has 1 aliphatic rings. The summed E-state index contributed by atoms with van der Waals surface area (Å²) in [5.74, 6) is 0.418. The summed E-state index contributed by atoms with van der Waals surface area (Å²) in [7, 11) is 0. The van der Waals surface area contributed by atoms with Crippen molar-refractivity contribution in [3.63, 3.8) is 0 Å². The first-order valence-electron chi connectivity index (χ1n) is 6.56. The Morgan fingerprint density at radius 3 is 2.65 bits per heavy atom. The molecular weight excluding hydrogens is 297 g/mol. The highest BCUT2D eigenvalue weighted by molar-refractivity contribution is 5.92. The molecule has 2 rings (SSSR count). The number of aryl methyl sites for hydroxylation is 1. The zero-order chi connectivity index (χ0) is 13.1. The fourth-order valence-electron chi connectivity index (χ4n) is 2.50. The predicted octanol–water partition coefficient (Wildman–Crippen LogP) is 2.35. The van der Waals surface area contributed by atoms with Crippen molar-refractivity contribution in [2.45, 2.75) is 39.3 Å². The van der Waals surface area contributed by atoms with Crippen LogP contribution in [0.3, 0.4) is 0 Å². The van der Waals surface area contributed by atoms with E-state index in [0.717, 1.165) is 18.7 Å². The molecule has 6 heteroatoms. The Morgan fingerprint density at radius 1 is 1.35 bits per heavy atom. The zero-order valence-corrected chi connectivity index (χ0v) is 13.7. The van der Waals surface area contributed by atoms with E-state index in [4.69, 9.17) is 0 Å². The average Bonchev–Trinajstić information content (AvgIpc) is 2.34. The number of pyridine rings is 1.